The molecule has 2 heterocycles. The highest BCUT2D eigenvalue weighted by molar-refractivity contribution is 7.21. The van der Waals surface area contributed by atoms with Crippen LogP contribution < -0.4 is 10.5 Å². The first kappa shape index (κ1) is 9.21. The summed E-state index contributed by atoms with van der Waals surface area (Å²) in [6, 6.07) is 1.82. The van der Waals surface area contributed by atoms with Crippen LogP contribution in [0.3, 0.4) is 0 Å². The van der Waals surface area contributed by atoms with Gasteiger partial charge in [-0.05, 0) is 13.0 Å². The zero-order valence-corrected chi connectivity index (χ0v) is 9.10. The number of fused-ring (bicyclic) bond motifs is 1. The summed E-state index contributed by atoms with van der Waals surface area (Å²) in [7, 11) is 3.87. The van der Waals surface area contributed by atoms with E-state index in [0.29, 0.717) is 5.56 Å². The number of nitrogens with zero attached hydrogens (tertiary/aromatic N) is 2. The van der Waals surface area contributed by atoms with Crippen molar-refractivity contribution in [2.24, 2.45) is 0 Å². The van der Waals surface area contributed by atoms with Gasteiger partial charge in [-0.2, -0.15) is 0 Å². The Hall–Kier alpha value is -1.36. The Balaban J connectivity index is 2.72. The second-order valence-corrected chi connectivity index (χ2v) is 4.36. The number of aryl methyl sites for hydroxylation is 1. The zero-order valence-electron chi connectivity index (χ0n) is 8.29. The fourth-order valence-corrected chi connectivity index (χ4v) is 2.03. The topological polar surface area (TPSA) is 49.0 Å². The maximum atomic E-state index is 11.3. The van der Waals surface area contributed by atoms with Crippen molar-refractivity contribution >= 4 is 26.8 Å². The van der Waals surface area contributed by atoms with E-state index in [2.05, 4.69) is 9.97 Å². The molecule has 0 aliphatic carbocycles. The number of aromatic amines is 1. The average molecular weight is 209 g/mol. The van der Waals surface area contributed by atoms with E-state index in [1.54, 1.807) is 6.92 Å². The summed E-state index contributed by atoms with van der Waals surface area (Å²) in [4.78, 5) is 21.3. The molecule has 0 atom stereocenters. The van der Waals surface area contributed by atoms with Gasteiger partial charge in [-0.15, -0.1) is 0 Å². The molecule has 1 N–H and O–H groups in total. The van der Waals surface area contributed by atoms with Gasteiger partial charge in [-0.1, -0.05) is 11.3 Å². The number of rotatable bonds is 1. The van der Waals surface area contributed by atoms with Gasteiger partial charge < -0.3 is 9.88 Å². The maximum absolute atomic E-state index is 11.3. The van der Waals surface area contributed by atoms with Crippen LogP contribution in [0.25, 0.3) is 10.3 Å². The third kappa shape index (κ3) is 1.39. The second kappa shape index (κ2) is 3.09. The summed E-state index contributed by atoms with van der Waals surface area (Å²) >= 11 is 1.49. The number of nitrogens with one attached hydrogen (secondary N) is 1. The van der Waals surface area contributed by atoms with Crippen LogP contribution in [0.4, 0.5) is 5.13 Å². The molecule has 0 saturated carbocycles. The number of thiazole rings is 1. The Morgan fingerprint density at radius 1 is 1.50 bits per heavy atom. The normalized spacial score (nSPS) is 10.8. The molecule has 0 amide bonds. The van der Waals surface area contributed by atoms with Crippen molar-refractivity contribution in [1.29, 1.82) is 0 Å². The molecule has 5 heteroatoms. The van der Waals surface area contributed by atoms with Gasteiger partial charge in [-0.25, -0.2) is 4.98 Å². The van der Waals surface area contributed by atoms with Crippen LogP contribution in [-0.4, -0.2) is 24.1 Å². The molecule has 2 aromatic heterocycles. The molecule has 0 fully saturated rings. The maximum Gasteiger partial charge on any atom is 0.252 e. The quantitative estimate of drug-likeness (QED) is 0.771. The highest BCUT2D eigenvalue weighted by Gasteiger charge is 2.06. The van der Waals surface area contributed by atoms with Crippen LogP contribution >= 0.6 is 11.3 Å². The molecular weight excluding hydrogens is 198 g/mol. The molecule has 2 rings (SSSR count). The Morgan fingerprint density at radius 2 is 2.21 bits per heavy atom. The molecular formula is C9H11N3OS. The van der Waals surface area contributed by atoms with Gasteiger partial charge in [-0.3, -0.25) is 4.79 Å². The minimum Gasteiger partial charge on any atom is -0.354 e. The number of pyridine rings is 1. The van der Waals surface area contributed by atoms with Crippen molar-refractivity contribution in [2.75, 3.05) is 19.0 Å². The molecule has 0 saturated heterocycles. The number of H-pyrrole nitrogens is 1. The molecule has 0 spiro atoms. The predicted molar refractivity (Wildman–Crippen MR) is 59.3 cm³/mol. The summed E-state index contributed by atoms with van der Waals surface area (Å²) < 4.78 is 0. The van der Waals surface area contributed by atoms with E-state index in [4.69, 9.17) is 0 Å². The van der Waals surface area contributed by atoms with Crippen LogP contribution in [0, 0.1) is 6.92 Å². The molecule has 0 aromatic carbocycles. The monoisotopic (exact) mass is 209 g/mol. The minimum atomic E-state index is -0.0357. The Morgan fingerprint density at radius 3 is 2.86 bits per heavy atom. The lowest BCUT2D eigenvalue weighted by molar-refractivity contribution is 1.11. The van der Waals surface area contributed by atoms with Gasteiger partial charge in [0, 0.05) is 19.7 Å². The van der Waals surface area contributed by atoms with Crippen molar-refractivity contribution < 1.29 is 0 Å². The van der Waals surface area contributed by atoms with Crippen molar-refractivity contribution in [1.82, 2.24) is 9.97 Å². The van der Waals surface area contributed by atoms with Gasteiger partial charge in [0.1, 0.15) is 10.3 Å². The van der Waals surface area contributed by atoms with Crippen LogP contribution in [0.1, 0.15) is 5.56 Å². The zero-order chi connectivity index (χ0) is 10.3. The van der Waals surface area contributed by atoms with E-state index in [0.717, 1.165) is 15.5 Å². The van der Waals surface area contributed by atoms with Gasteiger partial charge in [0.25, 0.3) is 5.56 Å². The molecule has 0 unspecified atom stereocenters. The minimum absolute atomic E-state index is 0.0357. The van der Waals surface area contributed by atoms with Crippen molar-refractivity contribution in [3.8, 4) is 0 Å². The van der Waals surface area contributed by atoms with Gasteiger partial charge in [0.2, 0.25) is 0 Å². The molecule has 0 bridgehead atoms. The number of hydrogen-bond donors (Lipinski definition) is 1. The molecule has 0 radical (unpaired) electrons. The second-order valence-electron chi connectivity index (χ2n) is 3.39. The smallest absolute Gasteiger partial charge is 0.252 e. The summed E-state index contributed by atoms with van der Waals surface area (Å²) in [6.45, 7) is 1.78. The van der Waals surface area contributed by atoms with Crippen molar-refractivity contribution in [2.45, 2.75) is 6.92 Å². The first-order valence-electron chi connectivity index (χ1n) is 4.25. The Kier molecular flexibility index (Phi) is 2.03. The highest BCUT2D eigenvalue weighted by atomic mass is 32.1. The molecule has 74 valence electrons. The first-order valence-corrected chi connectivity index (χ1v) is 5.07. The number of hydrogen-bond acceptors (Lipinski definition) is 4. The molecule has 0 aliphatic heterocycles. The highest BCUT2D eigenvalue weighted by Crippen LogP contribution is 2.24. The number of anilines is 1. The first-order chi connectivity index (χ1) is 6.58. The lowest BCUT2D eigenvalue weighted by Crippen LogP contribution is -2.07. The predicted octanol–water partition coefficient (Wildman–Crippen LogP) is 1.36. The Bertz CT molecular complexity index is 526. The third-order valence-corrected chi connectivity index (χ3v) is 3.12. The van der Waals surface area contributed by atoms with Gasteiger partial charge in [0.05, 0.1) is 0 Å². The summed E-state index contributed by atoms with van der Waals surface area (Å²) in [5.41, 5.74) is 1.52. The summed E-state index contributed by atoms with van der Waals surface area (Å²) in [6.07, 6.45) is 0. The third-order valence-electron chi connectivity index (χ3n) is 1.96. The standard InChI is InChI=1S/C9H11N3OS/c1-5-4-6-8(11-7(5)13)14-9(10-6)12(2)3/h4H,1-3H3,(H,11,13). The fraction of sp³-hybridized carbons (Fsp3) is 0.333. The van der Waals surface area contributed by atoms with Crippen LogP contribution in [-0.2, 0) is 0 Å². The lowest BCUT2D eigenvalue weighted by Gasteiger charge is -2.04. The van der Waals surface area contributed by atoms with Crippen LogP contribution in [0.5, 0.6) is 0 Å². The average Bonchev–Trinajstić information content (AvgIpc) is 2.48. The molecule has 4 nitrogen and oxygen atoms in total. The van der Waals surface area contributed by atoms with Gasteiger partial charge in [0.15, 0.2) is 5.13 Å². The van der Waals surface area contributed by atoms with E-state index >= 15 is 0 Å². The largest absolute Gasteiger partial charge is 0.354 e. The van der Waals surface area contributed by atoms with Gasteiger partial charge >= 0.3 is 0 Å². The SMILES string of the molecule is Cc1cc2nc(N(C)C)sc2[nH]c1=O. The Labute approximate surface area is 85.2 Å². The van der Waals surface area contributed by atoms with E-state index in [1.807, 2.05) is 25.1 Å². The van der Waals surface area contributed by atoms with Crippen LogP contribution in [0.2, 0.25) is 0 Å². The van der Waals surface area contributed by atoms with E-state index in [9.17, 15) is 4.79 Å². The fourth-order valence-electron chi connectivity index (χ4n) is 1.17. The summed E-state index contributed by atoms with van der Waals surface area (Å²) in [5, 5.41) is 0.904. The lowest BCUT2D eigenvalue weighted by atomic mass is 10.3. The molecule has 0 aliphatic rings. The van der Waals surface area contributed by atoms with Crippen LogP contribution in [0.15, 0.2) is 10.9 Å². The van der Waals surface area contributed by atoms with E-state index < -0.39 is 0 Å². The summed E-state index contributed by atoms with van der Waals surface area (Å²) in [5.74, 6) is 0. The number of aromatic nitrogens is 2. The van der Waals surface area contributed by atoms with Crippen molar-refractivity contribution in [3.05, 3.63) is 22.0 Å². The molecule has 14 heavy (non-hydrogen) atoms. The molecule has 2 aromatic rings. The van der Waals surface area contributed by atoms with E-state index in [-0.39, 0.29) is 5.56 Å². The van der Waals surface area contributed by atoms with Crippen molar-refractivity contribution in [3.63, 3.8) is 0 Å². The van der Waals surface area contributed by atoms with E-state index in [1.165, 1.54) is 11.3 Å².